The quantitative estimate of drug-likeness (QED) is 0.138. The van der Waals surface area contributed by atoms with Crippen LogP contribution in [0.5, 0.6) is 0 Å². The zero-order valence-electron chi connectivity index (χ0n) is 37.1. The molecule has 0 aliphatic heterocycles. The molecule has 0 unspecified atom stereocenters. The maximum absolute atomic E-state index is 2.52. The van der Waals surface area contributed by atoms with Gasteiger partial charge in [-0.15, -0.1) is 0 Å². The summed E-state index contributed by atoms with van der Waals surface area (Å²) >= 11 is 0. The van der Waals surface area contributed by atoms with Gasteiger partial charge in [-0.25, -0.2) is 0 Å². The van der Waals surface area contributed by atoms with Gasteiger partial charge in [-0.3, -0.25) is 0 Å². The average molecular weight is 842 g/mol. The Labute approximate surface area is 387 Å². The number of rotatable bonds is 8. The smallest absolute Gasteiger partial charge is 0.0546 e. The average Bonchev–Trinajstić information content (AvgIpc) is 3.63. The predicted octanol–water partition coefficient (Wildman–Crippen LogP) is 18.1. The fourth-order valence-electron chi connectivity index (χ4n) is 10.8. The summed E-state index contributed by atoms with van der Waals surface area (Å²) in [5, 5.41) is 5.06. The van der Waals surface area contributed by atoms with Gasteiger partial charge in [-0.05, 0) is 119 Å². The first-order valence-corrected chi connectivity index (χ1v) is 23.0. The molecule has 312 valence electrons. The van der Waals surface area contributed by atoms with E-state index in [2.05, 4.69) is 267 Å². The topological polar surface area (TPSA) is 3.24 Å². The molecule has 0 heterocycles. The maximum Gasteiger partial charge on any atom is 0.0546 e. The molecule has 0 amide bonds. The minimum absolute atomic E-state index is 0.193. The standard InChI is InChI=1S/C65H47N/c1-65(2)60-32-15-13-26-55(60)58-30-17-31-59(64(58)65)56-27-14-16-33-61(56)66(50-40-37-44(38-41-50)48-39-42-53-49(43-48)36-35-47-23-9-10-24-51(47)53)62-34-18-29-54(46-21-7-4-8-22-46)63(62)57-28-12-11-25-52(57)45-19-5-3-6-20-45/h3-43H,1-2H3. The van der Waals surface area contributed by atoms with Crippen molar-refractivity contribution in [1.82, 2.24) is 0 Å². The zero-order valence-corrected chi connectivity index (χ0v) is 37.1. The Balaban J connectivity index is 1.10. The monoisotopic (exact) mass is 841 g/mol. The predicted molar refractivity (Wildman–Crippen MR) is 281 cm³/mol. The number of hydrogen-bond acceptors (Lipinski definition) is 1. The second kappa shape index (κ2) is 16.1. The largest absolute Gasteiger partial charge is 0.309 e. The van der Waals surface area contributed by atoms with Gasteiger partial charge in [0.1, 0.15) is 0 Å². The Kier molecular flexibility index (Phi) is 9.58. The zero-order chi connectivity index (χ0) is 44.2. The van der Waals surface area contributed by atoms with E-state index >= 15 is 0 Å². The van der Waals surface area contributed by atoms with Crippen LogP contribution in [-0.2, 0) is 5.41 Å². The second-order valence-corrected chi connectivity index (χ2v) is 18.0. The van der Waals surface area contributed by atoms with Crippen LogP contribution in [0.4, 0.5) is 17.1 Å². The van der Waals surface area contributed by atoms with Crippen molar-refractivity contribution in [3.63, 3.8) is 0 Å². The van der Waals surface area contributed by atoms with Gasteiger partial charge in [-0.1, -0.05) is 232 Å². The number of para-hydroxylation sites is 1. The van der Waals surface area contributed by atoms with Crippen LogP contribution in [0.2, 0.25) is 0 Å². The Hall–Kier alpha value is -8.26. The summed E-state index contributed by atoms with van der Waals surface area (Å²) in [5.74, 6) is 0. The first kappa shape index (κ1) is 39.3. The number of hydrogen-bond donors (Lipinski definition) is 0. The second-order valence-electron chi connectivity index (χ2n) is 18.0. The van der Waals surface area contributed by atoms with Crippen molar-refractivity contribution < 1.29 is 0 Å². The molecule has 1 aliphatic rings. The molecule has 11 aromatic carbocycles. The van der Waals surface area contributed by atoms with Gasteiger partial charge in [-0.2, -0.15) is 0 Å². The summed E-state index contributed by atoms with van der Waals surface area (Å²) in [4.78, 5) is 2.52. The molecule has 0 saturated heterocycles. The van der Waals surface area contributed by atoms with Gasteiger partial charge in [0.05, 0.1) is 11.4 Å². The van der Waals surface area contributed by atoms with E-state index in [4.69, 9.17) is 0 Å². The molecule has 0 saturated carbocycles. The molecule has 12 rings (SSSR count). The molecule has 0 N–H and O–H groups in total. The Bertz CT molecular complexity index is 3600. The molecule has 0 aromatic heterocycles. The summed E-state index contributed by atoms with van der Waals surface area (Å²) in [6, 6.07) is 91.5. The van der Waals surface area contributed by atoms with Crippen LogP contribution < -0.4 is 4.90 Å². The maximum atomic E-state index is 2.52. The molecule has 0 atom stereocenters. The van der Waals surface area contributed by atoms with E-state index < -0.39 is 0 Å². The van der Waals surface area contributed by atoms with Crippen molar-refractivity contribution in [2.75, 3.05) is 4.90 Å². The SMILES string of the molecule is CC1(C)c2ccccc2-c2cccc(-c3ccccc3N(c3ccc(-c4ccc5c(ccc6ccccc65)c4)cc3)c3cccc(-c4ccccc4)c3-c3ccccc3-c3ccccc3)c21. The van der Waals surface area contributed by atoms with Gasteiger partial charge in [0.2, 0.25) is 0 Å². The van der Waals surface area contributed by atoms with Crippen LogP contribution in [-0.4, -0.2) is 0 Å². The molecule has 1 aliphatic carbocycles. The molecule has 0 bridgehead atoms. The Morgan fingerprint density at radius 1 is 0.303 bits per heavy atom. The van der Waals surface area contributed by atoms with Crippen molar-refractivity contribution in [2.45, 2.75) is 19.3 Å². The Morgan fingerprint density at radius 3 is 1.59 bits per heavy atom. The van der Waals surface area contributed by atoms with Crippen LogP contribution in [0.25, 0.3) is 88.3 Å². The first-order valence-electron chi connectivity index (χ1n) is 23.0. The molecule has 66 heavy (non-hydrogen) atoms. The van der Waals surface area contributed by atoms with E-state index in [1.54, 1.807) is 0 Å². The minimum Gasteiger partial charge on any atom is -0.309 e. The van der Waals surface area contributed by atoms with E-state index in [9.17, 15) is 0 Å². The molecular formula is C65H47N. The summed E-state index contributed by atoms with van der Waals surface area (Å²) in [7, 11) is 0. The highest BCUT2D eigenvalue weighted by Gasteiger charge is 2.38. The van der Waals surface area contributed by atoms with E-state index in [1.807, 2.05) is 0 Å². The first-order chi connectivity index (χ1) is 32.5. The highest BCUT2D eigenvalue weighted by atomic mass is 15.1. The van der Waals surface area contributed by atoms with E-state index in [-0.39, 0.29) is 5.41 Å². The normalized spacial score (nSPS) is 12.5. The number of fused-ring (bicyclic) bond motifs is 6. The van der Waals surface area contributed by atoms with Crippen LogP contribution in [0.1, 0.15) is 25.0 Å². The number of nitrogens with zero attached hydrogens (tertiary/aromatic N) is 1. The van der Waals surface area contributed by atoms with Crippen LogP contribution >= 0.6 is 0 Å². The van der Waals surface area contributed by atoms with Gasteiger partial charge in [0.25, 0.3) is 0 Å². The lowest BCUT2D eigenvalue weighted by atomic mass is 9.78. The van der Waals surface area contributed by atoms with Crippen LogP contribution in [0, 0.1) is 0 Å². The number of benzene rings is 11. The molecule has 1 heteroatoms. The lowest BCUT2D eigenvalue weighted by molar-refractivity contribution is 0.662. The molecule has 11 aromatic rings. The minimum atomic E-state index is -0.193. The molecule has 0 spiro atoms. The van der Waals surface area contributed by atoms with E-state index in [0.717, 1.165) is 17.1 Å². The highest BCUT2D eigenvalue weighted by Crippen LogP contribution is 2.55. The molecule has 0 fully saturated rings. The lowest BCUT2D eigenvalue weighted by Crippen LogP contribution is -2.17. The third kappa shape index (κ3) is 6.55. The molecular weight excluding hydrogens is 795 g/mol. The van der Waals surface area contributed by atoms with Crippen molar-refractivity contribution in [2.24, 2.45) is 0 Å². The molecule has 1 nitrogen and oxygen atoms in total. The van der Waals surface area contributed by atoms with E-state index in [1.165, 1.54) is 99.4 Å². The van der Waals surface area contributed by atoms with Crippen LogP contribution in [0.15, 0.2) is 249 Å². The summed E-state index contributed by atoms with van der Waals surface area (Å²) in [6.07, 6.45) is 0. The van der Waals surface area contributed by atoms with Gasteiger partial charge < -0.3 is 4.90 Å². The van der Waals surface area contributed by atoms with Crippen molar-refractivity contribution >= 4 is 38.6 Å². The van der Waals surface area contributed by atoms with Gasteiger partial charge in [0.15, 0.2) is 0 Å². The highest BCUT2D eigenvalue weighted by molar-refractivity contribution is 6.09. The van der Waals surface area contributed by atoms with Crippen molar-refractivity contribution in [1.29, 1.82) is 0 Å². The third-order valence-corrected chi connectivity index (χ3v) is 13.9. The van der Waals surface area contributed by atoms with Crippen LogP contribution in [0.3, 0.4) is 0 Å². The lowest BCUT2D eigenvalue weighted by Gasteiger charge is -2.32. The fourth-order valence-corrected chi connectivity index (χ4v) is 10.8. The summed E-state index contributed by atoms with van der Waals surface area (Å²) < 4.78 is 0. The van der Waals surface area contributed by atoms with Gasteiger partial charge in [0, 0.05) is 22.2 Å². The number of anilines is 3. The van der Waals surface area contributed by atoms with Crippen molar-refractivity contribution in [3.8, 4) is 66.8 Å². The third-order valence-electron chi connectivity index (χ3n) is 13.9. The molecule has 0 radical (unpaired) electrons. The van der Waals surface area contributed by atoms with E-state index in [0.29, 0.717) is 0 Å². The van der Waals surface area contributed by atoms with Crippen molar-refractivity contribution in [3.05, 3.63) is 260 Å². The summed E-state index contributed by atoms with van der Waals surface area (Å²) in [6.45, 7) is 4.77. The summed E-state index contributed by atoms with van der Waals surface area (Å²) in [5.41, 5.74) is 20.4. The Morgan fingerprint density at radius 2 is 0.818 bits per heavy atom. The fraction of sp³-hybridized carbons (Fsp3) is 0.0462. The van der Waals surface area contributed by atoms with Gasteiger partial charge >= 0.3 is 0 Å².